The van der Waals surface area contributed by atoms with Crippen molar-refractivity contribution < 1.29 is 4.74 Å². The maximum Gasteiger partial charge on any atom is 0.0644 e. The van der Waals surface area contributed by atoms with Crippen molar-refractivity contribution in [1.29, 1.82) is 0 Å². The first-order chi connectivity index (χ1) is 7.17. The van der Waals surface area contributed by atoms with Crippen LogP contribution >= 0.6 is 0 Å². The number of hydrogen-bond acceptors (Lipinski definition) is 2. The molecule has 2 unspecified atom stereocenters. The Morgan fingerprint density at radius 2 is 2.00 bits per heavy atom. The van der Waals surface area contributed by atoms with Crippen molar-refractivity contribution in [2.24, 2.45) is 11.8 Å². The van der Waals surface area contributed by atoms with Gasteiger partial charge in [-0.3, -0.25) is 0 Å². The van der Waals surface area contributed by atoms with Crippen LogP contribution < -0.4 is 5.32 Å². The molecule has 0 spiro atoms. The lowest BCUT2D eigenvalue weighted by Crippen LogP contribution is -2.46. The van der Waals surface area contributed by atoms with Crippen molar-refractivity contribution in [3.63, 3.8) is 0 Å². The molecule has 0 radical (unpaired) electrons. The van der Waals surface area contributed by atoms with Gasteiger partial charge in [-0.25, -0.2) is 0 Å². The first kappa shape index (κ1) is 11.4. The van der Waals surface area contributed by atoms with Crippen molar-refractivity contribution >= 4 is 0 Å². The summed E-state index contributed by atoms with van der Waals surface area (Å²) in [5, 5.41) is 3.79. The molecule has 2 nitrogen and oxygen atoms in total. The van der Waals surface area contributed by atoms with Gasteiger partial charge < -0.3 is 10.1 Å². The van der Waals surface area contributed by atoms with Crippen LogP contribution in [0.2, 0.25) is 0 Å². The fourth-order valence-corrected chi connectivity index (χ4v) is 2.75. The van der Waals surface area contributed by atoms with Crippen LogP contribution in [0, 0.1) is 11.8 Å². The molecule has 1 N–H and O–H groups in total. The van der Waals surface area contributed by atoms with Gasteiger partial charge in [-0.15, -0.1) is 0 Å². The van der Waals surface area contributed by atoms with Crippen LogP contribution in [0.25, 0.3) is 0 Å². The Morgan fingerprint density at radius 1 is 1.33 bits per heavy atom. The zero-order valence-electron chi connectivity index (χ0n) is 10.4. The molecule has 2 aliphatic rings. The van der Waals surface area contributed by atoms with Gasteiger partial charge in [-0.2, -0.15) is 0 Å². The highest BCUT2D eigenvalue weighted by Crippen LogP contribution is 2.39. The predicted octanol–water partition coefficient (Wildman–Crippen LogP) is 2.58. The average Bonchev–Trinajstić information content (AvgIpc) is 2.82. The Labute approximate surface area is 93.8 Å². The lowest BCUT2D eigenvalue weighted by molar-refractivity contribution is 0.126. The van der Waals surface area contributed by atoms with Crippen LogP contribution in [0.15, 0.2) is 0 Å². The number of nitrogens with one attached hydrogen (secondary N) is 1. The first-order valence-electron chi connectivity index (χ1n) is 6.43. The largest absolute Gasteiger partial charge is 0.383 e. The van der Waals surface area contributed by atoms with Gasteiger partial charge in [-0.05, 0) is 31.6 Å². The minimum Gasteiger partial charge on any atom is -0.383 e. The van der Waals surface area contributed by atoms with E-state index in [4.69, 9.17) is 4.74 Å². The van der Waals surface area contributed by atoms with E-state index in [1.165, 1.54) is 32.1 Å². The highest BCUT2D eigenvalue weighted by molar-refractivity contribution is 5.04. The molecular formula is C13H25NO. The van der Waals surface area contributed by atoms with Gasteiger partial charge >= 0.3 is 0 Å². The molecule has 0 aromatic heterocycles. The van der Waals surface area contributed by atoms with E-state index < -0.39 is 0 Å². The molecule has 0 aromatic carbocycles. The standard InChI is InChI=1S/C13H25NO/c1-10(12-5-4-6-12)11(2)14-13(7-8-13)9-15-3/h10-12,14H,4-9H2,1-3H3. The third-order valence-electron chi connectivity index (χ3n) is 4.49. The SMILES string of the molecule is COCC1(NC(C)C(C)C2CCC2)CC1. The van der Waals surface area contributed by atoms with Gasteiger partial charge in [-0.1, -0.05) is 26.2 Å². The van der Waals surface area contributed by atoms with Crippen LogP contribution in [0.5, 0.6) is 0 Å². The molecule has 0 bridgehead atoms. The summed E-state index contributed by atoms with van der Waals surface area (Å²) in [5.74, 6) is 1.80. The third kappa shape index (κ3) is 2.54. The first-order valence-corrected chi connectivity index (χ1v) is 6.43. The van der Waals surface area contributed by atoms with Gasteiger partial charge in [0.1, 0.15) is 0 Å². The minimum absolute atomic E-state index is 0.339. The highest BCUT2D eigenvalue weighted by Gasteiger charge is 2.44. The van der Waals surface area contributed by atoms with Gasteiger partial charge in [0.2, 0.25) is 0 Å². The summed E-state index contributed by atoms with van der Waals surface area (Å²) in [6.07, 6.45) is 6.94. The van der Waals surface area contributed by atoms with E-state index in [0.29, 0.717) is 11.6 Å². The molecule has 0 aromatic rings. The van der Waals surface area contributed by atoms with Crippen molar-refractivity contribution in [2.45, 2.75) is 57.5 Å². The zero-order chi connectivity index (χ0) is 10.9. The Balaban J connectivity index is 1.77. The Bertz CT molecular complexity index is 209. The molecule has 2 fully saturated rings. The van der Waals surface area contributed by atoms with Crippen molar-refractivity contribution in [1.82, 2.24) is 5.32 Å². The second-order valence-electron chi connectivity index (χ2n) is 5.70. The van der Waals surface area contributed by atoms with Crippen molar-refractivity contribution in [3.05, 3.63) is 0 Å². The van der Waals surface area contributed by atoms with Gasteiger partial charge in [0.05, 0.1) is 6.61 Å². The molecule has 2 rings (SSSR count). The maximum absolute atomic E-state index is 5.29. The number of hydrogen-bond donors (Lipinski definition) is 1. The fourth-order valence-electron chi connectivity index (χ4n) is 2.75. The van der Waals surface area contributed by atoms with Crippen molar-refractivity contribution in [3.8, 4) is 0 Å². The molecular weight excluding hydrogens is 186 g/mol. The van der Waals surface area contributed by atoms with Gasteiger partial charge in [0, 0.05) is 18.7 Å². The molecule has 0 heterocycles. The summed E-state index contributed by atoms with van der Waals surface area (Å²) >= 11 is 0. The van der Waals surface area contributed by atoms with E-state index in [0.717, 1.165) is 18.4 Å². The number of ether oxygens (including phenoxy) is 1. The van der Waals surface area contributed by atoms with Crippen LogP contribution in [0.3, 0.4) is 0 Å². The summed E-state index contributed by atoms with van der Waals surface area (Å²) in [4.78, 5) is 0. The molecule has 2 atom stereocenters. The Morgan fingerprint density at radius 3 is 2.40 bits per heavy atom. The number of rotatable bonds is 6. The summed E-state index contributed by atoms with van der Waals surface area (Å²) in [6, 6.07) is 0.646. The van der Waals surface area contributed by atoms with Crippen LogP contribution in [-0.2, 0) is 4.74 Å². The van der Waals surface area contributed by atoms with Gasteiger partial charge in [0.15, 0.2) is 0 Å². The normalized spacial score (nSPS) is 28.2. The Kier molecular flexibility index (Phi) is 3.36. The molecule has 2 saturated carbocycles. The molecule has 0 saturated heterocycles. The highest BCUT2D eigenvalue weighted by atomic mass is 16.5. The fraction of sp³-hybridized carbons (Fsp3) is 1.00. The molecule has 0 amide bonds. The molecule has 15 heavy (non-hydrogen) atoms. The van der Waals surface area contributed by atoms with E-state index in [9.17, 15) is 0 Å². The summed E-state index contributed by atoms with van der Waals surface area (Å²) in [6.45, 7) is 5.64. The lowest BCUT2D eigenvalue weighted by atomic mass is 9.74. The van der Waals surface area contributed by atoms with Gasteiger partial charge in [0.25, 0.3) is 0 Å². The van der Waals surface area contributed by atoms with E-state index in [1.54, 1.807) is 0 Å². The predicted molar refractivity (Wildman–Crippen MR) is 62.9 cm³/mol. The molecule has 2 aliphatic carbocycles. The van der Waals surface area contributed by atoms with E-state index >= 15 is 0 Å². The zero-order valence-corrected chi connectivity index (χ0v) is 10.4. The number of methoxy groups -OCH3 is 1. The Hall–Kier alpha value is -0.0800. The minimum atomic E-state index is 0.339. The molecule has 2 heteroatoms. The summed E-state index contributed by atoms with van der Waals surface area (Å²) in [5.41, 5.74) is 0.339. The quantitative estimate of drug-likeness (QED) is 0.729. The second-order valence-corrected chi connectivity index (χ2v) is 5.70. The molecule has 0 aliphatic heterocycles. The van der Waals surface area contributed by atoms with Crippen LogP contribution in [0.1, 0.15) is 46.0 Å². The van der Waals surface area contributed by atoms with E-state index in [1.807, 2.05) is 7.11 Å². The maximum atomic E-state index is 5.29. The van der Waals surface area contributed by atoms with E-state index in [-0.39, 0.29) is 0 Å². The smallest absolute Gasteiger partial charge is 0.0644 e. The molecule has 88 valence electrons. The monoisotopic (exact) mass is 211 g/mol. The van der Waals surface area contributed by atoms with Crippen molar-refractivity contribution in [2.75, 3.05) is 13.7 Å². The second kappa shape index (κ2) is 4.42. The van der Waals surface area contributed by atoms with E-state index in [2.05, 4.69) is 19.2 Å². The lowest BCUT2D eigenvalue weighted by Gasteiger charge is -2.37. The van der Waals surface area contributed by atoms with Crippen LogP contribution in [-0.4, -0.2) is 25.3 Å². The topological polar surface area (TPSA) is 21.3 Å². The summed E-state index contributed by atoms with van der Waals surface area (Å²) < 4.78 is 5.29. The average molecular weight is 211 g/mol. The summed E-state index contributed by atoms with van der Waals surface area (Å²) in [7, 11) is 1.81. The third-order valence-corrected chi connectivity index (χ3v) is 4.49. The van der Waals surface area contributed by atoms with Crippen LogP contribution in [0.4, 0.5) is 0 Å².